The van der Waals surface area contributed by atoms with E-state index in [0.717, 1.165) is 6.07 Å². The molecule has 1 aromatic carbocycles. The number of amides is 1. The summed E-state index contributed by atoms with van der Waals surface area (Å²) in [4.78, 5) is 46.1. The molecule has 2 aromatic rings. The number of ether oxygens (including phenoxy) is 1. The minimum absolute atomic E-state index is 0.0130. The third kappa shape index (κ3) is 9.15. The Balaban J connectivity index is 0.000000289. The minimum Gasteiger partial charge on any atom is -0.477 e. The number of rotatable bonds is 3. The predicted octanol–water partition coefficient (Wildman–Crippen LogP) is 1.89. The average Bonchev–Trinajstić information content (AvgIpc) is 2.58. The summed E-state index contributed by atoms with van der Waals surface area (Å²) in [5.74, 6) is 4.02. The Morgan fingerprint density at radius 2 is 1.93 bits per heavy atom. The number of carboxylic acids is 1. The second-order valence-corrected chi connectivity index (χ2v) is 5.21. The molecule has 0 atom stereocenters. The van der Waals surface area contributed by atoms with E-state index in [1.54, 1.807) is 24.3 Å². The SMILES string of the molecule is O=C(Nc1cccc(Cl)c1)OCC#CCCl.O=C(O)c1cc(=O)[nH]c(=O)[nH]1. The van der Waals surface area contributed by atoms with E-state index in [9.17, 15) is 19.2 Å². The highest BCUT2D eigenvalue weighted by Gasteiger charge is 2.03. The Bertz CT molecular complexity index is 946. The number of hydrogen-bond donors (Lipinski definition) is 4. The van der Waals surface area contributed by atoms with Crippen molar-refractivity contribution in [3.05, 3.63) is 61.9 Å². The van der Waals surface area contributed by atoms with Gasteiger partial charge >= 0.3 is 17.8 Å². The number of halogens is 2. The van der Waals surface area contributed by atoms with Gasteiger partial charge in [0.2, 0.25) is 0 Å². The summed E-state index contributed by atoms with van der Waals surface area (Å²) < 4.78 is 4.76. The van der Waals surface area contributed by atoms with Gasteiger partial charge in [-0.1, -0.05) is 29.5 Å². The zero-order valence-corrected chi connectivity index (χ0v) is 15.1. The lowest BCUT2D eigenvalue weighted by Gasteiger charge is -2.04. The topological polar surface area (TPSA) is 141 Å². The number of aromatic carboxylic acids is 1. The molecular weight excluding hydrogens is 401 g/mol. The van der Waals surface area contributed by atoms with Gasteiger partial charge in [-0.3, -0.25) is 15.1 Å². The highest BCUT2D eigenvalue weighted by molar-refractivity contribution is 6.30. The van der Waals surface area contributed by atoms with Crippen molar-refractivity contribution in [1.82, 2.24) is 9.97 Å². The molecule has 1 heterocycles. The molecule has 0 fully saturated rings. The van der Waals surface area contributed by atoms with Gasteiger partial charge in [-0.05, 0) is 18.2 Å². The Morgan fingerprint density at radius 3 is 2.52 bits per heavy atom. The Hall–Kier alpha value is -3.22. The van der Waals surface area contributed by atoms with Gasteiger partial charge in [-0.2, -0.15) is 0 Å². The second kappa shape index (κ2) is 11.4. The van der Waals surface area contributed by atoms with E-state index < -0.39 is 29.0 Å². The predicted molar refractivity (Wildman–Crippen MR) is 99.6 cm³/mol. The van der Waals surface area contributed by atoms with Gasteiger partial charge in [0.05, 0.1) is 5.88 Å². The molecule has 0 radical (unpaired) electrons. The summed E-state index contributed by atoms with van der Waals surface area (Å²) in [6.45, 7) is 0.0130. The van der Waals surface area contributed by atoms with Crippen molar-refractivity contribution >= 4 is 41.0 Å². The zero-order valence-electron chi connectivity index (χ0n) is 13.5. The monoisotopic (exact) mass is 413 g/mol. The summed E-state index contributed by atoms with van der Waals surface area (Å²) in [5.41, 5.74) is -1.40. The van der Waals surface area contributed by atoms with E-state index >= 15 is 0 Å². The molecule has 4 N–H and O–H groups in total. The van der Waals surface area contributed by atoms with E-state index in [2.05, 4.69) is 17.2 Å². The van der Waals surface area contributed by atoms with Gasteiger partial charge in [0, 0.05) is 16.8 Å². The molecule has 0 bridgehead atoms. The number of anilines is 1. The van der Waals surface area contributed by atoms with E-state index in [-0.39, 0.29) is 12.5 Å². The molecule has 9 nitrogen and oxygen atoms in total. The molecule has 2 rings (SSSR count). The summed E-state index contributed by atoms with van der Waals surface area (Å²) in [6.07, 6.45) is -0.578. The Morgan fingerprint density at radius 1 is 1.19 bits per heavy atom. The van der Waals surface area contributed by atoms with E-state index in [0.29, 0.717) is 10.7 Å². The van der Waals surface area contributed by atoms with Crippen molar-refractivity contribution in [3.8, 4) is 11.8 Å². The number of hydrogen-bond acceptors (Lipinski definition) is 5. The molecule has 1 amide bonds. The highest BCUT2D eigenvalue weighted by atomic mass is 35.5. The molecule has 0 unspecified atom stereocenters. The highest BCUT2D eigenvalue weighted by Crippen LogP contribution is 2.14. The number of carbonyl (C=O) groups excluding carboxylic acids is 1. The summed E-state index contributed by atoms with van der Waals surface area (Å²) in [6, 6.07) is 7.56. The summed E-state index contributed by atoms with van der Waals surface area (Å²) in [5, 5.41) is 11.4. The van der Waals surface area contributed by atoms with Crippen molar-refractivity contribution < 1.29 is 19.4 Å². The van der Waals surface area contributed by atoms with E-state index in [1.807, 2.05) is 9.97 Å². The molecule has 27 heavy (non-hydrogen) atoms. The minimum atomic E-state index is -1.34. The normalized spacial score (nSPS) is 9.11. The fourth-order valence-corrected chi connectivity index (χ4v) is 1.79. The summed E-state index contributed by atoms with van der Waals surface area (Å²) >= 11 is 11.1. The number of carbonyl (C=O) groups is 2. The van der Waals surface area contributed by atoms with Gasteiger partial charge in [-0.25, -0.2) is 14.4 Å². The Kier molecular flexibility index (Phi) is 9.22. The van der Waals surface area contributed by atoms with Crippen LogP contribution in [-0.4, -0.2) is 39.6 Å². The number of benzene rings is 1. The van der Waals surface area contributed by atoms with Crippen molar-refractivity contribution in [3.63, 3.8) is 0 Å². The van der Waals surface area contributed by atoms with E-state index in [4.69, 9.17) is 33.0 Å². The van der Waals surface area contributed by atoms with Crippen LogP contribution in [0.25, 0.3) is 0 Å². The quantitative estimate of drug-likeness (QED) is 0.447. The number of aromatic nitrogens is 2. The molecular formula is C16H13Cl2N3O6. The first kappa shape index (κ1) is 21.8. The maximum Gasteiger partial charge on any atom is 0.412 e. The average molecular weight is 414 g/mol. The van der Waals surface area contributed by atoms with Crippen LogP contribution in [0.1, 0.15) is 10.5 Å². The van der Waals surface area contributed by atoms with Crippen LogP contribution >= 0.6 is 23.2 Å². The first-order chi connectivity index (χ1) is 12.8. The van der Waals surface area contributed by atoms with Crippen LogP contribution in [0.3, 0.4) is 0 Å². The smallest absolute Gasteiger partial charge is 0.412 e. The Labute approximate surface area is 162 Å². The summed E-state index contributed by atoms with van der Waals surface area (Å²) in [7, 11) is 0. The van der Waals surface area contributed by atoms with Crippen LogP contribution < -0.4 is 16.6 Å². The molecule has 1 aromatic heterocycles. The fourth-order valence-electron chi connectivity index (χ4n) is 1.50. The maximum atomic E-state index is 11.2. The van der Waals surface area contributed by atoms with Gasteiger partial charge < -0.3 is 14.8 Å². The number of nitrogens with one attached hydrogen (secondary N) is 3. The number of aromatic amines is 2. The molecule has 11 heteroatoms. The van der Waals surface area contributed by atoms with Gasteiger partial charge in [0.15, 0.2) is 6.61 Å². The van der Waals surface area contributed by atoms with Crippen LogP contribution in [0.15, 0.2) is 39.9 Å². The second-order valence-electron chi connectivity index (χ2n) is 4.51. The zero-order chi connectivity index (χ0) is 20.2. The number of H-pyrrole nitrogens is 2. The lowest BCUT2D eigenvalue weighted by atomic mass is 10.3. The van der Waals surface area contributed by atoms with Gasteiger partial charge in [0.25, 0.3) is 5.56 Å². The van der Waals surface area contributed by atoms with E-state index in [1.165, 1.54) is 0 Å². The van der Waals surface area contributed by atoms with Crippen LogP contribution in [0.4, 0.5) is 10.5 Å². The van der Waals surface area contributed by atoms with Crippen molar-refractivity contribution in [2.45, 2.75) is 0 Å². The fraction of sp³-hybridized carbons (Fsp3) is 0.125. The molecule has 0 saturated carbocycles. The molecule has 0 aliphatic heterocycles. The number of alkyl halides is 1. The number of carboxylic acid groups (broad SMARTS) is 1. The lowest BCUT2D eigenvalue weighted by molar-refractivity contribution is 0.0689. The first-order valence-corrected chi connectivity index (χ1v) is 8.01. The molecule has 0 aliphatic rings. The third-order valence-electron chi connectivity index (χ3n) is 2.53. The van der Waals surface area contributed by atoms with Crippen molar-refractivity contribution in [2.75, 3.05) is 17.8 Å². The maximum absolute atomic E-state index is 11.2. The van der Waals surface area contributed by atoms with Crippen LogP contribution in [0, 0.1) is 11.8 Å². The molecule has 0 spiro atoms. The van der Waals surface area contributed by atoms with Crippen LogP contribution in [-0.2, 0) is 4.74 Å². The van der Waals surface area contributed by atoms with Crippen LogP contribution in [0.2, 0.25) is 5.02 Å². The molecule has 0 saturated heterocycles. The molecule has 142 valence electrons. The largest absolute Gasteiger partial charge is 0.477 e. The standard InChI is InChI=1S/C11H9Cl2NO2.C5H4N2O4/c12-6-1-2-7-16-11(15)14-10-5-3-4-9(13)8-10;8-3-1-2(4(9)10)6-5(11)7-3/h3-5,8H,6-7H2,(H,14,15);1H,(H,9,10)(H2,6,7,8,11). The lowest BCUT2D eigenvalue weighted by Crippen LogP contribution is -2.24. The third-order valence-corrected chi connectivity index (χ3v) is 2.90. The molecule has 0 aliphatic carbocycles. The van der Waals surface area contributed by atoms with Gasteiger partial charge in [0.1, 0.15) is 5.69 Å². The van der Waals surface area contributed by atoms with Gasteiger partial charge in [-0.15, -0.1) is 11.6 Å². The van der Waals surface area contributed by atoms with Crippen LogP contribution in [0.5, 0.6) is 0 Å². The van der Waals surface area contributed by atoms with Crippen molar-refractivity contribution in [1.29, 1.82) is 0 Å². The first-order valence-electron chi connectivity index (χ1n) is 7.09. The van der Waals surface area contributed by atoms with Crippen molar-refractivity contribution in [2.24, 2.45) is 0 Å².